The molecule has 0 bridgehead atoms. The molecule has 0 aliphatic heterocycles. The van der Waals surface area contributed by atoms with Crippen molar-refractivity contribution in [3.05, 3.63) is 0 Å². The molecule has 8 atom stereocenters. The number of methoxy groups -OCH3 is 1. The summed E-state index contributed by atoms with van der Waals surface area (Å²) in [6, 6.07) is 0. The Morgan fingerprint density at radius 1 is 1.06 bits per heavy atom. The zero-order valence-corrected chi connectivity index (χ0v) is 10.1. The van der Waals surface area contributed by atoms with Crippen molar-refractivity contribution in [2.45, 2.75) is 19.8 Å². The van der Waals surface area contributed by atoms with Gasteiger partial charge in [-0.15, -0.1) is 0 Å². The molecule has 3 nitrogen and oxygen atoms in total. The molecule has 0 N–H and O–H groups in total. The van der Waals surface area contributed by atoms with Crippen molar-refractivity contribution in [1.82, 2.24) is 0 Å². The number of hydrogen-bond acceptors (Lipinski definition) is 3. The Morgan fingerprint density at radius 2 is 1.59 bits per heavy atom. The molecule has 0 aromatic heterocycles. The first-order valence-electron chi connectivity index (χ1n) is 6.70. The second kappa shape index (κ2) is 2.08. The van der Waals surface area contributed by atoms with Gasteiger partial charge in [-0.1, -0.05) is 0 Å². The zero-order valence-electron chi connectivity index (χ0n) is 10.1. The molecule has 0 saturated heterocycles. The van der Waals surface area contributed by atoms with Crippen LogP contribution in [0.1, 0.15) is 19.8 Å². The number of ketones is 1. The first kappa shape index (κ1) is 9.12. The van der Waals surface area contributed by atoms with E-state index in [0.717, 1.165) is 12.8 Å². The average molecular weight is 232 g/mol. The standard InChI is InChI=1S/C14H16O3/c1-5(15)13-3-7-9-10(13)8-6(13)4-14(7,11(8)9)12(16)17-2/h6-11H,3-4H2,1-2H3. The molecule has 0 aromatic rings. The lowest BCUT2D eigenvalue weighted by Gasteiger charge is -2.70. The van der Waals surface area contributed by atoms with Gasteiger partial charge in [-0.05, 0) is 55.3 Å². The van der Waals surface area contributed by atoms with Crippen LogP contribution >= 0.6 is 0 Å². The van der Waals surface area contributed by atoms with E-state index in [0.29, 0.717) is 41.3 Å². The van der Waals surface area contributed by atoms with E-state index in [1.54, 1.807) is 6.92 Å². The smallest absolute Gasteiger partial charge is 0.312 e. The molecule has 8 unspecified atom stereocenters. The summed E-state index contributed by atoms with van der Waals surface area (Å²) in [5.74, 6) is 4.05. The van der Waals surface area contributed by atoms with Crippen LogP contribution in [0.3, 0.4) is 0 Å². The monoisotopic (exact) mass is 232 g/mol. The second-order valence-electron chi connectivity index (χ2n) is 6.96. The predicted octanol–water partition coefficient (Wildman–Crippen LogP) is 1.27. The van der Waals surface area contributed by atoms with Crippen molar-refractivity contribution in [1.29, 1.82) is 0 Å². The van der Waals surface area contributed by atoms with Crippen LogP contribution in [0, 0.1) is 46.3 Å². The van der Waals surface area contributed by atoms with Crippen LogP contribution in [-0.4, -0.2) is 18.9 Å². The Morgan fingerprint density at radius 3 is 2.18 bits per heavy atom. The normalized spacial score (nSPS) is 66.7. The van der Waals surface area contributed by atoms with Crippen LogP contribution < -0.4 is 0 Å². The first-order chi connectivity index (χ1) is 8.10. The van der Waals surface area contributed by atoms with E-state index in [9.17, 15) is 9.59 Å². The van der Waals surface area contributed by atoms with Crippen LogP contribution in [0.5, 0.6) is 0 Å². The molecule has 5 aliphatic rings. The highest BCUT2D eigenvalue weighted by Gasteiger charge is 2.96. The summed E-state index contributed by atoms with van der Waals surface area (Å²) >= 11 is 0. The van der Waals surface area contributed by atoms with Gasteiger partial charge in [0.2, 0.25) is 0 Å². The van der Waals surface area contributed by atoms with Gasteiger partial charge in [0.1, 0.15) is 5.78 Å². The summed E-state index contributed by atoms with van der Waals surface area (Å²) in [7, 11) is 1.51. The quantitative estimate of drug-likeness (QED) is 0.673. The van der Waals surface area contributed by atoms with Gasteiger partial charge in [-0.2, -0.15) is 0 Å². The van der Waals surface area contributed by atoms with Crippen molar-refractivity contribution in [2.75, 3.05) is 7.11 Å². The highest BCUT2D eigenvalue weighted by Crippen LogP contribution is 2.96. The molecule has 5 fully saturated rings. The highest BCUT2D eigenvalue weighted by atomic mass is 16.5. The number of Topliss-reactive ketones (excluding diaryl/α,β-unsaturated/α-hetero) is 1. The van der Waals surface area contributed by atoms with Crippen LogP contribution in [0.15, 0.2) is 0 Å². The molecular weight excluding hydrogens is 216 g/mol. The minimum Gasteiger partial charge on any atom is -0.469 e. The number of ether oxygens (including phenoxy) is 1. The lowest BCUT2D eigenvalue weighted by atomic mass is 9.33. The average Bonchev–Trinajstić information content (AvgIpc) is 2.53. The third-order valence-corrected chi connectivity index (χ3v) is 7.44. The van der Waals surface area contributed by atoms with Crippen molar-refractivity contribution >= 4 is 11.8 Å². The van der Waals surface area contributed by atoms with Crippen molar-refractivity contribution in [3.63, 3.8) is 0 Å². The number of carbonyl (C=O) groups excluding carboxylic acids is 2. The van der Waals surface area contributed by atoms with E-state index in [1.807, 2.05) is 0 Å². The van der Waals surface area contributed by atoms with E-state index in [-0.39, 0.29) is 16.8 Å². The minimum absolute atomic E-state index is 0.00449. The van der Waals surface area contributed by atoms with Crippen LogP contribution in [-0.2, 0) is 14.3 Å². The fourth-order valence-electron chi connectivity index (χ4n) is 7.27. The summed E-state index contributed by atoms with van der Waals surface area (Å²) in [5.41, 5.74) is -0.148. The predicted molar refractivity (Wildman–Crippen MR) is 57.7 cm³/mol. The molecule has 90 valence electrons. The van der Waals surface area contributed by atoms with Crippen molar-refractivity contribution in [3.8, 4) is 0 Å². The first-order valence-corrected chi connectivity index (χ1v) is 6.70. The van der Waals surface area contributed by atoms with Gasteiger partial charge in [-0.25, -0.2) is 0 Å². The van der Waals surface area contributed by atoms with Gasteiger partial charge in [-0.3, -0.25) is 9.59 Å². The second-order valence-corrected chi connectivity index (χ2v) is 6.96. The van der Waals surface area contributed by atoms with E-state index in [2.05, 4.69) is 0 Å². The summed E-state index contributed by atoms with van der Waals surface area (Å²) in [6.07, 6.45) is 1.94. The van der Waals surface area contributed by atoms with E-state index >= 15 is 0 Å². The Labute approximate surface area is 99.9 Å². The zero-order chi connectivity index (χ0) is 11.7. The van der Waals surface area contributed by atoms with Gasteiger partial charge < -0.3 is 4.74 Å². The minimum atomic E-state index is -0.152. The number of rotatable bonds is 2. The SMILES string of the molecule is COC(=O)C12CC3C4C5C(C1CC35C(C)=O)C42. The maximum absolute atomic E-state index is 12.1. The maximum Gasteiger partial charge on any atom is 0.312 e. The summed E-state index contributed by atoms with van der Waals surface area (Å²) in [5, 5.41) is 0. The molecule has 0 spiro atoms. The van der Waals surface area contributed by atoms with E-state index in [1.165, 1.54) is 7.11 Å². The highest BCUT2D eigenvalue weighted by molar-refractivity contribution is 5.90. The molecule has 5 rings (SSSR count). The fourth-order valence-corrected chi connectivity index (χ4v) is 7.27. The Hall–Kier alpha value is -0.860. The lowest BCUT2D eigenvalue weighted by Crippen LogP contribution is -2.71. The number of carbonyl (C=O) groups is 2. The molecule has 0 radical (unpaired) electrons. The fraction of sp³-hybridized carbons (Fsp3) is 0.857. The molecule has 17 heavy (non-hydrogen) atoms. The van der Waals surface area contributed by atoms with Gasteiger partial charge in [0.05, 0.1) is 12.5 Å². The van der Waals surface area contributed by atoms with E-state index < -0.39 is 0 Å². The van der Waals surface area contributed by atoms with Gasteiger partial charge in [0.15, 0.2) is 0 Å². The summed E-state index contributed by atoms with van der Waals surface area (Å²) < 4.78 is 5.06. The van der Waals surface area contributed by atoms with Gasteiger partial charge >= 0.3 is 5.97 Å². The Bertz CT molecular complexity index is 492. The molecule has 0 amide bonds. The number of esters is 1. The van der Waals surface area contributed by atoms with Crippen LogP contribution in [0.25, 0.3) is 0 Å². The van der Waals surface area contributed by atoms with Crippen LogP contribution in [0.2, 0.25) is 0 Å². The molecule has 5 saturated carbocycles. The largest absolute Gasteiger partial charge is 0.469 e. The maximum atomic E-state index is 12.1. The molecule has 5 aliphatic carbocycles. The third-order valence-electron chi connectivity index (χ3n) is 7.44. The molecule has 3 heteroatoms. The molecule has 0 heterocycles. The van der Waals surface area contributed by atoms with E-state index in [4.69, 9.17) is 4.74 Å². The Kier molecular flexibility index (Phi) is 1.12. The van der Waals surface area contributed by atoms with Crippen LogP contribution in [0.4, 0.5) is 0 Å². The Balaban J connectivity index is 1.66. The van der Waals surface area contributed by atoms with Crippen molar-refractivity contribution < 1.29 is 14.3 Å². The number of hydrogen-bond donors (Lipinski definition) is 0. The molecular formula is C14H16O3. The summed E-state index contributed by atoms with van der Waals surface area (Å²) in [4.78, 5) is 24.2. The topological polar surface area (TPSA) is 43.4 Å². The molecule has 0 aromatic carbocycles. The van der Waals surface area contributed by atoms with Gasteiger partial charge in [0, 0.05) is 5.41 Å². The van der Waals surface area contributed by atoms with Crippen molar-refractivity contribution in [2.24, 2.45) is 46.3 Å². The summed E-state index contributed by atoms with van der Waals surface area (Å²) in [6.45, 7) is 1.77. The number of fused-ring (bicyclic) bond motifs is 2. The third kappa shape index (κ3) is 0.517. The van der Waals surface area contributed by atoms with Gasteiger partial charge in [0.25, 0.3) is 0 Å². The lowest BCUT2D eigenvalue weighted by molar-refractivity contribution is -0.247.